The molecule has 7 nitrogen and oxygen atoms in total. The van der Waals surface area contributed by atoms with Gasteiger partial charge in [0.15, 0.2) is 0 Å². The van der Waals surface area contributed by atoms with Gasteiger partial charge >= 0.3 is 5.97 Å². The molecule has 1 amide bonds. The third-order valence-corrected chi connectivity index (χ3v) is 5.06. The van der Waals surface area contributed by atoms with E-state index in [4.69, 9.17) is 14.2 Å². The van der Waals surface area contributed by atoms with Gasteiger partial charge in [-0.05, 0) is 12.1 Å². The predicted octanol–water partition coefficient (Wildman–Crippen LogP) is 1.07. The molecule has 1 N–H and O–H groups in total. The van der Waals surface area contributed by atoms with Crippen LogP contribution >= 0.6 is 0 Å². The number of anilines is 1. The quantitative estimate of drug-likeness (QED) is 0.831. The largest absolute Gasteiger partial charge is 0.497 e. The monoisotopic (exact) mass is 331 g/mol. The van der Waals surface area contributed by atoms with Crippen molar-refractivity contribution in [2.45, 2.75) is 11.7 Å². The van der Waals surface area contributed by atoms with Gasteiger partial charge in [0.25, 0.3) is 0 Å². The Morgan fingerprint density at radius 1 is 1.38 bits per heavy atom. The minimum Gasteiger partial charge on any atom is -0.497 e. The van der Waals surface area contributed by atoms with Crippen LogP contribution in [0.2, 0.25) is 0 Å². The van der Waals surface area contributed by atoms with Gasteiger partial charge in [-0.1, -0.05) is 12.2 Å². The summed E-state index contributed by atoms with van der Waals surface area (Å²) >= 11 is 0. The number of amides is 1. The second kappa shape index (κ2) is 4.98. The number of aliphatic carboxylic acids is 1. The summed E-state index contributed by atoms with van der Waals surface area (Å²) < 4.78 is 16.4. The fraction of sp³-hybridized carbons (Fsp3) is 0.412. The summed E-state index contributed by atoms with van der Waals surface area (Å²) in [6.45, 7) is 0.274. The number of hydrogen-bond donors (Lipinski definition) is 1. The molecule has 0 radical (unpaired) electrons. The predicted molar refractivity (Wildman–Crippen MR) is 83.3 cm³/mol. The van der Waals surface area contributed by atoms with Crippen LogP contribution in [0.3, 0.4) is 0 Å². The second-order valence-corrected chi connectivity index (χ2v) is 6.20. The number of carboxylic acid groups (broad SMARTS) is 1. The van der Waals surface area contributed by atoms with Gasteiger partial charge in [-0.3, -0.25) is 9.59 Å². The Bertz CT molecular complexity index is 759. The van der Waals surface area contributed by atoms with Gasteiger partial charge < -0.3 is 24.2 Å². The second-order valence-electron chi connectivity index (χ2n) is 6.20. The lowest BCUT2D eigenvalue weighted by molar-refractivity contribution is -0.146. The number of hydrogen-bond acceptors (Lipinski definition) is 5. The number of rotatable bonds is 4. The van der Waals surface area contributed by atoms with Gasteiger partial charge in [0.2, 0.25) is 5.91 Å². The molecule has 3 heterocycles. The third-order valence-electron chi connectivity index (χ3n) is 5.06. The highest BCUT2D eigenvalue weighted by Crippen LogP contribution is 2.53. The maximum atomic E-state index is 13.0. The Kier molecular flexibility index (Phi) is 3.11. The van der Waals surface area contributed by atoms with E-state index in [1.807, 2.05) is 6.08 Å². The molecule has 3 aliphatic rings. The number of carboxylic acids is 1. The van der Waals surface area contributed by atoms with Gasteiger partial charge in [-0.2, -0.15) is 0 Å². The molecule has 24 heavy (non-hydrogen) atoms. The van der Waals surface area contributed by atoms with Crippen molar-refractivity contribution in [2.75, 3.05) is 25.7 Å². The highest BCUT2D eigenvalue weighted by Gasteiger charge is 2.67. The summed E-state index contributed by atoms with van der Waals surface area (Å²) in [5.41, 5.74) is -0.285. The Morgan fingerprint density at radius 3 is 2.83 bits per heavy atom. The molecular formula is C17H17NO6. The van der Waals surface area contributed by atoms with Crippen molar-refractivity contribution in [1.29, 1.82) is 0 Å². The molecule has 2 fully saturated rings. The molecule has 4 rings (SSSR count). The minimum absolute atomic E-state index is 0.252. The van der Waals surface area contributed by atoms with Gasteiger partial charge in [-0.15, -0.1) is 0 Å². The van der Waals surface area contributed by atoms with E-state index in [0.29, 0.717) is 17.2 Å². The SMILES string of the molecule is COc1ccc(N2C[C@@]34C=C[C@@H](O3)[C@@H](C(=O)O)[C@@H]4C2=O)c(OC)c1. The standard InChI is InChI=1S/C17H17NO6/c1-22-9-3-4-10(12(7-9)23-2)18-8-17-6-5-11(24-17)13(16(20)21)14(17)15(18)19/h3-7,11,13-14H,8H2,1-2H3,(H,20,21)/t11-,13-,14-,17-/m1/s1. The molecule has 0 aliphatic carbocycles. The highest BCUT2D eigenvalue weighted by atomic mass is 16.5. The molecule has 1 spiro atoms. The summed E-state index contributed by atoms with van der Waals surface area (Å²) in [5.74, 6) is -1.72. The van der Waals surface area contributed by atoms with Crippen LogP contribution in [0.5, 0.6) is 11.5 Å². The molecule has 0 aromatic heterocycles. The van der Waals surface area contributed by atoms with Gasteiger partial charge in [0.05, 0.1) is 38.5 Å². The average molecular weight is 331 g/mol. The van der Waals surface area contributed by atoms with Crippen LogP contribution < -0.4 is 14.4 Å². The van der Waals surface area contributed by atoms with Crippen molar-refractivity contribution in [1.82, 2.24) is 0 Å². The number of benzene rings is 1. The fourth-order valence-electron chi connectivity index (χ4n) is 3.99. The lowest BCUT2D eigenvalue weighted by atomic mass is 9.77. The van der Waals surface area contributed by atoms with E-state index >= 15 is 0 Å². The summed E-state index contributed by atoms with van der Waals surface area (Å²) in [7, 11) is 3.06. The first-order valence-electron chi connectivity index (χ1n) is 7.64. The Morgan fingerprint density at radius 2 is 2.17 bits per heavy atom. The van der Waals surface area contributed by atoms with Gasteiger partial charge in [0, 0.05) is 6.07 Å². The first-order chi connectivity index (χ1) is 11.5. The topological polar surface area (TPSA) is 85.3 Å². The van der Waals surface area contributed by atoms with Gasteiger partial charge in [-0.25, -0.2) is 0 Å². The number of fused-ring (bicyclic) bond motifs is 1. The number of ether oxygens (including phenoxy) is 3. The van der Waals surface area contributed by atoms with E-state index < -0.39 is 29.5 Å². The van der Waals surface area contributed by atoms with Crippen molar-refractivity contribution in [2.24, 2.45) is 11.8 Å². The van der Waals surface area contributed by atoms with E-state index in [9.17, 15) is 14.7 Å². The van der Waals surface area contributed by atoms with Crippen molar-refractivity contribution < 1.29 is 28.9 Å². The lowest BCUT2D eigenvalue weighted by Gasteiger charge is -2.23. The molecule has 4 atom stereocenters. The number of methoxy groups -OCH3 is 2. The fourth-order valence-corrected chi connectivity index (χ4v) is 3.99. The Balaban J connectivity index is 1.74. The molecule has 1 aromatic carbocycles. The van der Waals surface area contributed by atoms with Crippen LogP contribution in [0, 0.1) is 11.8 Å². The number of carbonyl (C=O) groups is 2. The zero-order valence-corrected chi connectivity index (χ0v) is 13.3. The van der Waals surface area contributed by atoms with Crippen LogP contribution in [0.25, 0.3) is 0 Å². The normalized spacial score (nSPS) is 33.0. The molecular weight excluding hydrogens is 314 g/mol. The first-order valence-corrected chi connectivity index (χ1v) is 7.64. The molecule has 126 valence electrons. The maximum absolute atomic E-state index is 13.0. The zero-order chi connectivity index (χ0) is 17.1. The van der Waals surface area contributed by atoms with Crippen LogP contribution in [-0.2, 0) is 14.3 Å². The van der Waals surface area contributed by atoms with Crippen molar-refractivity contribution >= 4 is 17.6 Å². The summed E-state index contributed by atoms with van der Waals surface area (Å²) in [5, 5.41) is 9.50. The average Bonchev–Trinajstić information content (AvgIpc) is 3.22. The van der Waals surface area contributed by atoms with Crippen LogP contribution in [0.1, 0.15) is 0 Å². The highest BCUT2D eigenvalue weighted by molar-refractivity contribution is 6.03. The van der Waals surface area contributed by atoms with Gasteiger partial charge in [0.1, 0.15) is 23.0 Å². The van der Waals surface area contributed by atoms with E-state index in [-0.39, 0.29) is 12.5 Å². The maximum Gasteiger partial charge on any atom is 0.310 e. The smallest absolute Gasteiger partial charge is 0.310 e. The van der Waals surface area contributed by atoms with E-state index in [0.717, 1.165) is 0 Å². The third kappa shape index (κ3) is 1.81. The van der Waals surface area contributed by atoms with Crippen molar-refractivity contribution in [3.63, 3.8) is 0 Å². The van der Waals surface area contributed by atoms with Crippen molar-refractivity contribution in [3.8, 4) is 11.5 Å². The molecule has 0 saturated carbocycles. The molecule has 3 aliphatic heterocycles. The summed E-state index contributed by atoms with van der Waals surface area (Å²) in [6.07, 6.45) is 3.05. The Hall–Kier alpha value is -2.54. The molecule has 1 aromatic rings. The molecule has 2 bridgehead atoms. The first kappa shape index (κ1) is 15.0. The van der Waals surface area contributed by atoms with Crippen LogP contribution in [0.15, 0.2) is 30.4 Å². The molecule has 7 heteroatoms. The zero-order valence-electron chi connectivity index (χ0n) is 13.3. The lowest BCUT2D eigenvalue weighted by Crippen LogP contribution is -2.39. The minimum atomic E-state index is -1.01. The van der Waals surface area contributed by atoms with E-state index in [1.165, 1.54) is 7.11 Å². The van der Waals surface area contributed by atoms with Crippen LogP contribution in [-0.4, -0.2) is 49.5 Å². The van der Waals surface area contributed by atoms with E-state index in [2.05, 4.69) is 0 Å². The van der Waals surface area contributed by atoms with Crippen LogP contribution in [0.4, 0.5) is 5.69 Å². The summed E-state index contributed by atoms with van der Waals surface area (Å²) in [6, 6.07) is 5.16. The number of carbonyl (C=O) groups excluding carboxylic acids is 1. The number of nitrogens with zero attached hydrogens (tertiary/aromatic N) is 1. The molecule has 0 unspecified atom stereocenters. The molecule has 2 saturated heterocycles. The Labute approximate surface area is 138 Å². The van der Waals surface area contributed by atoms with Crippen molar-refractivity contribution in [3.05, 3.63) is 30.4 Å². The summed E-state index contributed by atoms with van der Waals surface area (Å²) in [4.78, 5) is 26.1. The van der Waals surface area contributed by atoms with E-state index in [1.54, 1.807) is 36.3 Å².